The van der Waals surface area contributed by atoms with Crippen LogP contribution in [0.2, 0.25) is 0 Å². The number of nitrogens with zero attached hydrogens (tertiary/aromatic N) is 2. The number of hydrogen-bond acceptors (Lipinski definition) is 4. The molecule has 0 fully saturated rings. The van der Waals surface area contributed by atoms with E-state index in [0.29, 0.717) is 24.1 Å². The van der Waals surface area contributed by atoms with E-state index in [-0.39, 0.29) is 5.82 Å². The van der Waals surface area contributed by atoms with E-state index in [1.54, 1.807) is 18.3 Å². The second kappa shape index (κ2) is 6.96. The summed E-state index contributed by atoms with van der Waals surface area (Å²) in [5, 5.41) is 3.28. The molecule has 1 aromatic carbocycles. The molecule has 0 atom stereocenters. The van der Waals surface area contributed by atoms with Gasteiger partial charge in [-0.1, -0.05) is 19.9 Å². The van der Waals surface area contributed by atoms with Gasteiger partial charge < -0.3 is 10.1 Å². The van der Waals surface area contributed by atoms with Crippen LogP contribution in [0.3, 0.4) is 0 Å². The molecule has 4 nitrogen and oxygen atoms in total. The van der Waals surface area contributed by atoms with E-state index in [2.05, 4.69) is 29.1 Å². The standard InChI is InChI=1S/C15H18FN3O/c1-11(2)7-17-8-13-9-19-15(10-18-13)20-14-5-3-4-12(16)6-14/h3-6,9-11,17H,7-8H2,1-2H3. The Labute approximate surface area is 118 Å². The lowest BCUT2D eigenvalue weighted by Crippen LogP contribution is -2.19. The summed E-state index contributed by atoms with van der Waals surface area (Å²) in [5.41, 5.74) is 0.845. The molecule has 20 heavy (non-hydrogen) atoms. The van der Waals surface area contributed by atoms with Gasteiger partial charge in [0.25, 0.3) is 0 Å². The van der Waals surface area contributed by atoms with Crippen molar-refractivity contribution in [1.82, 2.24) is 15.3 Å². The lowest BCUT2D eigenvalue weighted by molar-refractivity contribution is 0.453. The Morgan fingerprint density at radius 3 is 2.75 bits per heavy atom. The zero-order valence-electron chi connectivity index (χ0n) is 11.6. The molecule has 1 aromatic heterocycles. The van der Waals surface area contributed by atoms with Crippen molar-refractivity contribution >= 4 is 0 Å². The minimum absolute atomic E-state index is 0.343. The van der Waals surface area contributed by atoms with E-state index >= 15 is 0 Å². The van der Waals surface area contributed by atoms with Gasteiger partial charge in [-0.25, -0.2) is 9.37 Å². The molecule has 0 spiro atoms. The fourth-order valence-electron chi connectivity index (χ4n) is 1.63. The van der Waals surface area contributed by atoms with Gasteiger partial charge in [0.15, 0.2) is 0 Å². The third-order valence-electron chi connectivity index (χ3n) is 2.56. The Balaban J connectivity index is 1.91. The van der Waals surface area contributed by atoms with Crippen molar-refractivity contribution in [3.8, 4) is 11.6 Å². The molecule has 1 N–H and O–H groups in total. The smallest absolute Gasteiger partial charge is 0.237 e. The highest BCUT2D eigenvalue weighted by molar-refractivity contribution is 5.26. The molecule has 0 unspecified atom stereocenters. The number of hydrogen-bond donors (Lipinski definition) is 1. The highest BCUT2D eigenvalue weighted by atomic mass is 19.1. The molecule has 0 saturated heterocycles. The predicted octanol–water partition coefficient (Wildman–Crippen LogP) is 3.15. The lowest BCUT2D eigenvalue weighted by Gasteiger charge is -2.07. The van der Waals surface area contributed by atoms with Gasteiger partial charge in [0, 0.05) is 12.6 Å². The average Bonchev–Trinajstić information content (AvgIpc) is 2.40. The topological polar surface area (TPSA) is 47.0 Å². The number of aromatic nitrogens is 2. The van der Waals surface area contributed by atoms with Crippen molar-refractivity contribution < 1.29 is 9.13 Å². The van der Waals surface area contributed by atoms with Crippen LogP contribution in [-0.2, 0) is 6.54 Å². The number of rotatable bonds is 6. The van der Waals surface area contributed by atoms with Crippen molar-refractivity contribution in [3.05, 3.63) is 48.2 Å². The van der Waals surface area contributed by atoms with Crippen molar-refractivity contribution in [3.63, 3.8) is 0 Å². The van der Waals surface area contributed by atoms with E-state index in [9.17, 15) is 4.39 Å². The molecule has 2 aromatic rings. The van der Waals surface area contributed by atoms with E-state index in [4.69, 9.17) is 4.74 Å². The van der Waals surface area contributed by atoms with Crippen LogP contribution in [0.1, 0.15) is 19.5 Å². The summed E-state index contributed by atoms with van der Waals surface area (Å²) >= 11 is 0. The van der Waals surface area contributed by atoms with Gasteiger partial charge in [-0.15, -0.1) is 0 Å². The van der Waals surface area contributed by atoms with Crippen LogP contribution in [0.25, 0.3) is 0 Å². The second-order valence-corrected chi connectivity index (χ2v) is 4.93. The molecule has 0 saturated carbocycles. The SMILES string of the molecule is CC(C)CNCc1cnc(Oc2cccc(F)c2)cn1. The molecular formula is C15H18FN3O. The van der Waals surface area contributed by atoms with Crippen molar-refractivity contribution in [2.45, 2.75) is 20.4 Å². The van der Waals surface area contributed by atoms with Crippen LogP contribution in [0.4, 0.5) is 4.39 Å². The maximum absolute atomic E-state index is 13.0. The van der Waals surface area contributed by atoms with Crippen LogP contribution < -0.4 is 10.1 Å². The molecule has 0 aliphatic rings. The first-order valence-electron chi connectivity index (χ1n) is 6.58. The third kappa shape index (κ3) is 4.59. The first kappa shape index (κ1) is 14.4. The molecular weight excluding hydrogens is 257 g/mol. The Morgan fingerprint density at radius 1 is 1.25 bits per heavy atom. The maximum Gasteiger partial charge on any atom is 0.237 e. The molecule has 1 heterocycles. The van der Waals surface area contributed by atoms with Crippen LogP contribution in [0.5, 0.6) is 11.6 Å². The number of ether oxygens (including phenoxy) is 1. The van der Waals surface area contributed by atoms with Crippen molar-refractivity contribution in [2.75, 3.05) is 6.54 Å². The highest BCUT2D eigenvalue weighted by Gasteiger charge is 2.02. The predicted molar refractivity (Wildman–Crippen MR) is 75.1 cm³/mol. The van der Waals surface area contributed by atoms with Crippen LogP contribution in [0.15, 0.2) is 36.7 Å². The first-order valence-corrected chi connectivity index (χ1v) is 6.58. The Bertz CT molecular complexity index is 543. The quantitative estimate of drug-likeness (QED) is 0.879. The summed E-state index contributed by atoms with van der Waals surface area (Å²) in [6.45, 7) is 5.90. The Kier molecular flexibility index (Phi) is 5.01. The summed E-state index contributed by atoms with van der Waals surface area (Å²) in [4.78, 5) is 8.40. The van der Waals surface area contributed by atoms with E-state index in [1.807, 2.05) is 0 Å². The molecule has 5 heteroatoms. The van der Waals surface area contributed by atoms with Crippen LogP contribution >= 0.6 is 0 Å². The van der Waals surface area contributed by atoms with Crippen molar-refractivity contribution in [1.29, 1.82) is 0 Å². The van der Waals surface area contributed by atoms with Gasteiger partial charge in [0.05, 0.1) is 18.1 Å². The van der Waals surface area contributed by atoms with Gasteiger partial charge in [-0.05, 0) is 24.6 Å². The normalized spacial score (nSPS) is 10.8. The maximum atomic E-state index is 13.0. The van der Waals surface area contributed by atoms with Crippen LogP contribution in [0, 0.1) is 11.7 Å². The number of benzene rings is 1. The minimum Gasteiger partial charge on any atom is -0.437 e. The molecule has 0 radical (unpaired) electrons. The van der Waals surface area contributed by atoms with E-state index in [1.165, 1.54) is 18.3 Å². The monoisotopic (exact) mass is 275 g/mol. The first-order chi connectivity index (χ1) is 9.63. The number of nitrogens with one attached hydrogen (secondary N) is 1. The zero-order valence-corrected chi connectivity index (χ0v) is 11.6. The molecule has 106 valence electrons. The van der Waals surface area contributed by atoms with Gasteiger partial charge in [0.1, 0.15) is 11.6 Å². The molecule has 0 bridgehead atoms. The summed E-state index contributed by atoms with van der Waals surface area (Å²) < 4.78 is 18.4. The second-order valence-electron chi connectivity index (χ2n) is 4.93. The summed E-state index contributed by atoms with van der Waals surface area (Å²) in [6, 6.07) is 5.92. The molecule has 0 aliphatic heterocycles. The summed E-state index contributed by atoms with van der Waals surface area (Å²) in [5.74, 6) is 1.01. The average molecular weight is 275 g/mol. The van der Waals surface area contributed by atoms with Gasteiger partial charge in [0.2, 0.25) is 5.88 Å². The van der Waals surface area contributed by atoms with Gasteiger partial charge in [-0.3, -0.25) is 4.98 Å². The van der Waals surface area contributed by atoms with Gasteiger partial charge in [-0.2, -0.15) is 0 Å². The molecule has 2 rings (SSSR count). The Hall–Kier alpha value is -2.01. The lowest BCUT2D eigenvalue weighted by atomic mass is 10.2. The Morgan fingerprint density at radius 2 is 2.10 bits per heavy atom. The van der Waals surface area contributed by atoms with Crippen molar-refractivity contribution in [2.24, 2.45) is 5.92 Å². The van der Waals surface area contributed by atoms with E-state index < -0.39 is 0 Å². The highest BCUT2D eigenvalue weighted by Crippen LogP contribution is 2.18. The largest absolute Gasteiger partial charge is 0.437 e. The number of halogens is 1. The summed E-state index contributed by atoms with van der Waals surface area (Å²) in [7, 11) is 0. The molecule has 0 amide bonds. The van der Waals surface area contributed by atoms with Gasteiger partial charge >= 0.3 is 0 Å². The summed E-state index contributed by atoms with van der Waals surface area (Å²) in [6.07, 6.45) is 3.19. The fraction of sp³-hybridized carbons (Fsp3) is 0.333. The minimum atomic E-state index is -0.343. The fourth-order valence-corrected chi connectivity index (χ4v) is 1.63. The molecule has 0 aliphatic carbocycles. The zero-order chi connectivity index (χ0) is 14.4. The third-order valence-corrected chi connectivity index (χ3v) is 2.56. The van der Waals surface area contributed by atoms with Crippen LogP contribution in [-0.4, -0.2) is 16.5 Å². The van der Waals surface area contributed by atoms with E-state index in [0.717, 1.165) is 12.2 Å².